The molecule has 3 unspecified atom stereocenters. The molecule has 1 aliphatic heterocycles. The molecule has 7 nitrogen and oxygen atoms in total. The van der Waals surface area contributed by atoms with Crippen molar-refractivity contribution >= 4 is 17.6 Å². The summed E-state index contributed by atoms with van der Waals surface area (Å²) in [6.45, 7) is 7.19. The van der Waals surface area contributed by atoms with Gasteiger partial charge in [-0.05, 0) is 42.7 Å². The molecular weight excluding hydrogens is 370 g/mol. The summed E-state index contributed by atoms with van der Waals surface area (Å²) in [5.74, 6) is 1.76. The van der Waals surface area contributed by atoms with Crippen LogP contribution in [0.15, 0.2) is 18.2 Å². The Balaban J connectivity index is 1.58. The highest BCUT2D eigenvalue weighted by Crippen LogP contribution is 2.38. The molecule has 0 radical (unpaired) electrons. The monoisotopic (exact) mass is 403 g/mol. The molecule has 1 heterocycles. The number of nitrogens with one attached hydrogen (secondary N) is 2. The van der Waals surface area contributed by atoms with E-state index in [-0.39, 0.29) is 35.9 Å². The van der Waals surface area contributed by atoms with Gasteiger partial charge in [-0.25, -0.2) is 4.79 Å². The zero-order chi connectivity index (χ0) is 21.2. The summed E-state index contributed by atoms with van der Waals surface area (Å²) < 4.78 is 10.6. The van der Waals surface area contributed by atoms with Crippen molar-refractivity contribution in [3.8, 4) is 11.5 Å². The highest BCUT2D eigenvalue weighted by molar-refractivity contribution is 5.97. The number of hydrogen-bond donors (Lipinski definition) is 2. The Kier molecular flexibility index (Phi) is 6.24. The number of hydrogen-bond acceptors (Lipinski definition) is 4. The summed E-state index contributed by atoms with van der Waals surface area (Å²) in [6, 6.07) is 5.16. The van der Waals surface area contributed by atoms with Gasteiger partial charge in [-0.3, -0.25) is 4.79 Å². The van der Waals surface area contributed by atoms with Crippen LogP contribution < -0.4 is 25.0 Å². The van der Waals surface area contributed by atoms with Crippen LogP contribution >= 0.6 is 0 Å². The van der Waals surface area contributed by atoms with Crippen LogP contribution in [-0.2, 0) is 4.79 Å². The Morgan fingerprint density at radius 3 is 2.45 bits per heavy atom. The summed E-state index contributed by atoms with van der Waals surface area (Å²) in [4.78, 5) is 26.7. The molecule has 3 amide bonds. The first-order chi connectivity index (χ1) is 13.7. The molecule has 2 fully saturated rings. The number of ether oxygens (including phenoxy) is 2. The van der Waals surface area contributed by atoms with Gasteiger partial charge in [-0.15, -0.1) is 0 Å². The summed E-state index contributed by atoms with van der Waals surface area (Å²) in [5.41, 5.74) is 0.976. The fourth-order valence-corrected chi connectivity index (χ4v) is 4.92. The number of benzene rings is 1. The molecule has 7 heteroatoms. The maximum atomic E-state index is 12.5. The fraction of sp³-hybridized carbons (Fsp3) is 0.636. The summed E-state index contributed by atoms with van der Waals surface area (Å²) in [7, 11) is 3.14. The summed E-state index contributed by atoms with van der Waals surface area (Å²) >= 11 is 0. The minimum absolute atomic E-state index is 0.0186. The summed E-state index contributed by atoms with van der Waals surface area (Å²) in [6.07, 6.45) is 3.45. The Labute approximate surface area is 173 Å². The van der Waals surface area contributed by atoms with Gasteiger partial charge in [-0.1, -0.05) is 20.8 Å². The number of carbonyl (C=O) groups is 2. The lowest BCUT2D eigenvalue weighted by molar-refractivity contribution is -0.117. The van der Waals surface area contributed by atoms with Gasteiger partial charge in [0.05, 0.1) is 20.3 Å². The normalized spacial score (nSPS) is 26.2. The van der Waals surface area contributed by atoms with Crippen molar-refractivity contribution in [1.82, 2.24) is 10.6 Å². The van der Waals surface area contributed by atoms with E-state index in [1.165, 1.54) is 6.42 Å². The SMILES string of the molecule is COc1ccc(N2CC(NC(=O)NC3CC(C)CC(C)(C)C3)CC2=O)cc1OC. The van der Waals surface area contributed by atoms with E-state index in [2.05, 4.69) is 31.4 Å². The number of urea groups is 1. The first-order valence-electron chi connectivity index (χ1n) is 10.3. The van der Waals surface area contributed by atoms with Crippen molar-refractivity contribution in [3.63, 3.8) is 0 Å². The lowest BCUT2D eigenvalue weighted by Crippen LogP contribution is -2.50. The predicted molar refractivity (Wildman–Crippen MR) is 113 cm³/mol. The smallest absolute Gasteiger partial charge is 0.315 e. The Morgan fingerprint density at radius 1 is 1.10 bits per heavy atom. The number of rotatable bonds is 5. The minimum Gasteiger partial charge on any atom is -0.493 e. The molecule has 29 heavy (non-hydrogen) atoms. The molecule has 0 spiro atoms. The minimum atomic E-state index is -0.218. The molecular formula is C22H33N3O4. The van der Waals surface area contributed by atoms with Gasteiger partial charge in [0.25, 0.3) is 0 Å². The zero-order valence-corrected chi connectivity index (χ0v) is 18.1. The highest BCUT2D eigenvalue weighted by atomic mass is 16.5. The van der Waals surface area contributed by atoms with E-state index >= 15 is 0 Å². The van der Waals surface area contributed by atoms with E-state index < -0.39 is 0 Å². The standard InChI is InChI=1S/C22H33N3O4/c1-14-8-15(12-22(2,3)11-14)23-21(27)24-16-9-20(26)25(13-16)17-6-7-18(28-4)19(10-17)29-5/h6-7,10,14-16H,8-9,11-13H2,1-5H3,(H2,23,24,27). The number of amides is 3. The second-order valence-electron chi connectivity index (χ2n) is 9.17. The third-order valence-corrected chi connectivity index (χ3v) is 5.86. The molecule has 3 rings (SSSR count). The predicted octanol–water partition coefficient (Wildman–Crippen LogP) is 3.32. The average molecular weight is 404 g/mol. The molecule has 1 saturated carbocycles. The summed E-state index contributed by atoms with van der Waals surface area (Å²) in [5, 5.41) is 6.10. The molecule has 0 aromatic heterocycles. The third kappa shape index (κ3) is 5.14. The van der Waals surface area contributed by atoms with Crippen LogP contribution in [0.3, 0.4) is 0 Å². The molecule has 1 saturated heterocycles. The molecule has 2 N–H and O–H groups in total. The quantitative estimate of drug-likeness (QED) is 0.790. The van der Waals surface area contributed by atoms with Crippen LogP contribution in [0.2, 0.25) is 0 Å². The Bertz CT molecular complexity index is 764. The number of nitrogens with zero attached hydrogens (tertiary/aromatic N) is 1. The zero-order valence-electron chi connectivity index (χ0n) is 18.1. The highest BCUT2D eigenvalue weighted by Gasteiger charge is 2.35. The second kappa shape index (κ2) is 8.51. The lowest BCUT2D eigenvalue weighted by atomic mass is 9.71. The number of methoxy groups -OCH3 is 2. The lowest BCUT2D eigenvalue weighted by Gasteiger charge is -2.39. The van der Waals surface area contributed by atoms with Crippen LogP contribution in [0.25, 0.3) is 0 Å². The molecule has 1 aromatic rings. The van der Waals surface area contributed by atoms with Crippen molar-refractivity contribution in [2.45, 2.75) is 58.5 Å². The van der Waals surface area contributed by atoms with Crippen LogP contribution in [0.1, 0.15) is 46.5 Å². The Morgan fingerprint density at radius 2 is 1.79 bits per heavy atom. The molecule has 3 atom stereocenters. The van der Waals surface area contributed by atoms with Crippen LogP contribution in [-0.4, -0.2) is 44.8 Å². The van der Waals surface area contributed by atoms with Crippen molar-refractivity contribution in [3.05, 3.63) is 18.2 Å². The van der Waals surface area contributed by atoms with E-state index in [0.29, 0.717) is 24.0 Å². The van der Waals surface area contributed by atoms with E-state index in [0.717, 1.165) is 18.5 Å². The van der Waals surface area contributed by atoms with Gasteiger partial charge in [-0.2, -0.15) is 0 Å². The topological polar surface area (TPSA) is 79.9 Å². The van der Waals surface area contributed by atoms with E-state index in [9.17, 15) is 9.59 Å². The van der Waals surface area contributed by atoms with Gasteiger partial charge in [0.2, 0.25) is 5.91 Å². The van der Waals surface area contributed by atoms with Gasteiger partial charge in [0.15, 0.2) is 11.5 Å². The first-order valence-corrected chi connectivity index (χ1v) is 10.3. The largest absolute Gasteiger partial charge is 0.493 e. The molecule has 0 bridgehead atoms. The van der Waals surface area contributed by atoms with Crippen molar-refractivity contribution < 1.29 is 19.1 Å². The van der Waals surface area contributed by atoms with Gasteiger partial charge < -0.3 is 25.0 Å². The molecule has 160 valence electrons. The van der Waals surface area contributed by atoms with Crippen LogP contribution in [0.5, 0.6) is 11.5 Å². The first kappa shape index (κ1) is 21.3. The number of carbonyl (C=O) groups excluding carboxylic acids is 2. The maximum absolute atomic E-state index is 12.5. The number of anilines is 1. The Hall–Kier alpha value is -2.44. The van der Waals surface area contributed by atoms with E-state index in [1.54, 1.807) is 31.3 Å². The molecule has 1 aliphatic carbocycles. The van der Waals surface area contributed by atoms with E-state index in [4.69, 9.17) is 9.47 Å². The van der Waals surface area contributed by atoms with Gasteiger partial charge in [0.1, 0.15) is 0 Å². The second-order valence-corrected chi connectivity index (χ2v) is 9.17. The maximum Gasteiger partial charge on any atom is 0.315 e. The van der Waals surface area contributed by atoms with Crippen molar-refractivity contribution in [2.75, 3.05) is 25.7 Å². The molecule has 2 aliphatic rings. The fourth-order valence-electron chi connectivity index (χ4n) is 4.92. The van der Waals surface area contributed by atoms with Gasteiger partial charge >= 0.3 is 6.03 Å². The molecule has 1 aromatic carbocycles. The van der Waals surface area contributed by atoms with E-state index in [1.807, 2.05) is 6.07 Å². The van der Waals surface area contributed by atoms with Crippen molar-refractivity contribution in [1.29, 1.82) is 0 Å². The van der Waals surface area contributed by atoms with Gasteiger partial charge in [0, 0.05) is 30.8 Å². The van der Waals surface area contributed by atoms with Crippen LogP contribution in [0, 0.1) is 11.3 Å². The van der Waals surface area contributed by atoms with Crippen LogP contribution in [0.4, 0.5) is 10.5 Å². The average Bonchev–Trinajstić information content (AvgIpc) is 2.99. The van der Waals surface area contributed by atoms with Crippen molar-refractivity contribution in [2.24, 2.45) is 11.3 Å². The third-order valence-electron chi connectivity index (χ3n) is 5.86.